The second kappa shape index (κ2) is 7.94. The summed E-state index contributed by atoms with van der Waals surface area (Å²) in [6, 6.07) is 14.4. The Balaban J connectivity index is 2.49. The van der Waals surface area contributed by atoms with Crippen molar-refractivity contribution in [3.63, 3.8) is 0 Å². The average molecular weight is 341 g/mol. The first-order chi connectivity index (χ1) is 11.7. The Kier molecular flexibility index (Phi) is 6.15. The minimum absolute atomic E-state index is 0.0121. The van der Waals surface area contributed by atoms with E-state index >= 15 is 0 Å². The molecule has 0 aliphatic rings. The van der Waals surface area contributed by atoms with Gasteiger partial charge in [0.2, 0.25) is 0 Å². The van der Waals surface area contributed by atoms with Crippen LogP contribution in [0, 0.1) is 18.7 Å². The smallest absolute Gasteiger partial charge is 0.123 e. The third-order valence-electron chi connectivity index (χ3n) is 4.70. The van der Waals surface area contributed by atoms with Crippen LogP contribution in [0.15, 0.2) is 54.1 Å². The van der Waals surface area contributed by atoms with Crippen molar-refractivity contribution in [3.05, 3.63) is 76.6 Å². The summed E-state index contributed by atoms with van der Waals surface area (Å²) in [6.07, 6.45) is 1.94. The van der Waals surface area contributed by atoms with Gasteiger partial charge < -0.3 is 10.0 Å². The number of hydrogen-bond acceptors (Lipinski definition) is 2. The number of nitrogens with zero attached hydrogens (tertiary/aromatic N) is 1. The average Bonchev–Trinajstić information content (AvgIpc) is 2.56. The van der Waals surface area contributed by atoms with Crippen molar-refractivity contribution in [2.24, 2.45) is 5.92 Å². The lowest BCUT2D eigenvalue weighted by atomic mass is 9.76. The van der Waals surface area contributed by atoms with Crippen molar-refractivity contribution in [1.82, 2.24) is 4.90 Å². The summed E-state index contributed by atoms with van der Waals surface area (Å²) in [5.74, 6) is -0.272. The number of hydrogen-bond donors (Lipinski definition) is 1. The van der Waals surface area contributed by atoms with Gasteiger partial charge in [0.25, 0.3) is 0 Å². The van der Waals surface area contributed by atoms with Gasteiger partial charge in [-0.15, -0.1) is 0 Å². The van der Waals surface area contributed by atoms with Gasteiger partial charge in [-0.1, -0.05) is 55.0 Å². The molecule has 2 atom stereocenters. The lowest BCUT2D eigenvalue weighted by Crippen LogP contribution is -2.40. The largest absolute Gasteiger partial charge is 0.380 e. The lowest BCUT2D eigenvalue weighted by molar-refractivity contribution is 0.0105. The molecular weight excluding hydrogens is 313 g/mol. The van der Waals surface area contributed by atoms with Crippen LogP contribution in [-0.2, 0) is 5.60 Å². The first-order valence-corrected chi connectivity index (χ1v) is 8.62. The summed E-state index contributed by atoms with van der Waals surface area (Å²) in [4.78, 5) is 2.08. The fraction of sp³-hybridized carbons (Fsp3) is 0.364. The molecule has 2 nitrogen and oxygen atoms in total. The van der Waals surface area contributed by atoms with E-state index in [-0.39, 0.29) is 11.7 Å². The SMILES string of the molecule is CC(=Cc1ccc(F)cc1)C(O)(c1ccc(C)cc1)C(C)CN(C)C. The fourth-order valence-electron chi connectivity index (χ4n) is 3.31. The summed E-state index contributed by atoms with van der Waals surface area (Å²) < 4.78 is 13.2. The van der Waals surface area contributed by atoms with E-state index in [1.807, 2.05) is 58.3 Å². The normalized spacial score (nSPS) is 15.9. The highest BCUT2D eigenvalue weighted by molar-refractivity contribution is 5.56. The number of aliphatic hydroxyl groups is 1. The van der Waals surface area contributed by atoms with Crippen molar-refractivity contribution < 1.29 is 9.50 Å². The lowest BCUT2D eigenvalue weighted by Gasteiger charge is -2.37. The van der Waals surface area contributed by atoms with E-state index in [0.717, 1.165) is 28.8 Å². The molecule has 0 fully saturated rings. The number of benzene rings is 2. The third-order valence-corrected chi connectivity index (χ3v) is 4.70. The molecule has 0 saturated carbocycles. The van der Waals surface area contributed by atoms with Crippen LogP contribution in [0.1, 0.15) is 30.5 Å². The molecule has 0 saturated heterocycles. The van der Waals surface area contributed by atoms with Crippen LogP contribution in [0.5, 0.6) is 0 Å². The predicted molar refractivity (Wildman–Crippen MR) is 103 cm³/mol. The molecule has 0 aliphatic heterocycles. The molecule has 2 rings (SSSR count). The van der Waals surface area contributed by atoms with E-state index in [2.05, 4.69) is 11.8 Å². The summed E-state index contributed by atoms with van der Waals surface area (Å²) >= 11 is 0. The Labute approximate surface area is 150 Å². The van der Waals surface area contributed by atoms with Gasteiger partial charge in [-0.25, -0.2) is 4.39 Å². The minimum atomic E-state index is -1.09. The molecular formula is C22H28FNO. The molecule has 0 aliphatic carbocycles. The predicted octanol–water partition coefficient (Wildman–Crippen LogP) is 4.62. The maximum atomic E-state index is 13.2. The van der Waals surface area contributed by atoms with Gasteiger partial charge >= 0.3 is 0 Å². The second-order valence-electron chi connectivity index (χ2n) is 7.17. The van der Waals surface area contributed by atoms with Crippen LogP contribution in [0.25, 0.3) is 6.08 Å². The summed E-state index contributed by atoms with van der Waals surface area (Å²) in [5.41, 5.74) is 2.67. The van der Waals surface area contributed by atoms with Gasteiger partial charge in [0, 0.05) is 12.5 Å². The van der Waals surface area contributed by atoms with Gasteiger partial charge in [-0.05, 0) is 56.8 Å². The Morgan fingerprint density at radius 3 is 2.20 bits per heavy atom. The zero-order valence-electron chi connectivity index (χ0n) is 15.8. The molecule has 2 aromatic rings. The number of rotatable bonds is 6. The highest BCUT2D eigenvalue weighted by atomic mass is 19.1. The molecule has 134 valence electrons. The quantitative estimate of drug-likeness (QED) is 0.828. The van der Waals surface area contributed by atoms with E-state index in [4.69, 9.17) is 0 Å². The maximum absolute atomic E-state index is 13.2. The Morgan fingerprint density at radius 1 is 1.12 bits per heavy atom. The topological polar surface area (TPSA) is 23.5 Å². The van der Waals surface area contributed by atoms with Crippen LogP contribution in [-0.4, -0.2) is 30.6 Å². The van der Waals surface area contributed by atoms with Crippen molar-refractivity contribution in [2.45, 2.75) is 26.4 Å². The minimum Gasteiger partial charge on any atom is -0.380 e. The second-order valence-corrected chi connectivity index (χ2v) is 7.17. The zero-order chi connectivity index (χ0) is 18.6. The van der Waals surface area contributed by atoms with E-state index in [1.165, 1.54) is 12.1 Å². The molecule has 0 bridgehead atoms. The fourth-order valence-corrected chi connectivity index (χ4v) is 3.31. The molecule has 1 N–H and O–H groups in total. The van der Waals surface area contributed by atoms with Crippen molar-refractivity contribution in [2.75, 3.05) is 20.6 Å². The monoisotopic (exact) mass is 341 g/mol. The van der Waals surface area contributed by atoms with Crippen LogP contribution < -0.4 is 0 Å². The first-order valence-electron chi connectivity index (χ1n) is 8.62. The number of aryl methyl sites for hydroxylation is 1. The molecule has 2 aromatic carbocycles. The molecule has 0 heterocycles. The van der Waals surface area contributed by atoms with E-state index in [9.17, 15) is 9.50 Å². The number of halogens is 1. The van der Waals surface area contributed by atoms with Crippen LogP contribution in [0.4, 0.5) is 4.39 Å². The van der Waals surface area contributed by atoms with Crippen LogP contribution in [0.3, 0.4) is 0 Å². The summed E-state index contributed by atoms with van der Waals surface area (Å²) in [5, 5.41) is 11.7. The zero-order valence-corrected chi connectivity index (χ0v) is 15.8. The molecule has 25 heavy (non-hydrogen) atoms. The Bertz CT molecular complexity index is 719. The standard InChI is InChI=1S/C22H28FNO/c1-16-6-10-20(11-7-16)22(25,18(3)15-24(4)5)17(2)14-19-8-12-21(23)13-9-19/h6-14,18,25H,15H2,1-5H3. The van der Waals surface area contributed by atoms with Gasteiger partial charge in [-0.2, -0.15) is 0 Å². The van der Waals surface area contributed by atoms with Gasteiger partial charge in [-0.3, -0.25) is 0 Å². The van der Waals surface area contributed by atoms with E-state index in [1.54, 1.807) is 12.1 Å². The third kappa shape index (κ3) is 4.56. The summed E-state index contributed by atoms with van der Waals surface area (Å²) in [6.45, 7) is 6.78. The van der Waals surface area contributed by atoms with E-state index in [0.29, 0.717) is 0 Å². The maximum Gasteiger partial charge on any atom is 0.123 e. The molecule has 0 amide bonds. The highest BCUT2D eigenvalue weighted by Gasteiger charge is 2.37. The molecule has 2 unspecified atom stereocenters. The van der Waals surface area contributed by atoms with Crippen LogP contribution >= 0.6 is 0 Å². The summed E-state index contributed by atoms with van der Waals surface area (Å²) in [7, 11) is 4.01. The Morgan fingerprint density at radius 2 is 1.68 bits per heavy atom. The highest BCUT2D eigenvalue weighted by Crippen LogP contribution is 2.38. The molecule has 3 heteroatoms. The first kappa shape index (κ1) is 19.4. The Hall–Kier alpha value is -1.97. The van der Waals surface area contributed by atoms with Gasteiger partial charge in [0.15, 0.2) is 0 Å². The van der Waals surface area contributed by atoms with Gasteiger partial charge in [0.1, 0.15) is 11.4 Å². The molecule has 0 spiro atoms. The van der Waals surface area contributed by atoms with Crippen molar-refractivity contribution in [1.29, 1.82) is 0 Å². The van der Waals surface area contributed by atoms with Crippen molar-refractivity contribution in [3.8, 4) is 0 Å². The van der Waals surface area contributed by atoms with E-state index < -0.39 is 5.60 Å². The molecule has 0 radical (unpaired) electrons. The van der Waals surface area contributed by atoms with Crippen molar-refractivity contribution >= 4 is 6.08 Å². The molecule has 0 aromatic heterocycles. The van der Waals surface area contributed by atoms with Gasteiger partial charge in [0.05, 0.1) is 0 Å². The van der Waals surface area contributed by atoms with Crippen LogP contribution in [0.2, 0.25) is 0 Å².